The van der Waals surface area contributed by atoms with Crippen LogP contribution in [0.3, 0.4) is 0 Å². The number of carbonyl (C=O) groups excluding carboxylic acids is 1. The van der Waals surface area contributed by atoms with Crippen LogP contribution < -0.4 is 5.32 Å². The molecule has 2 heterocycles. The molecule has 0 aliphatic carbocycles. The van der Waals surface area contributed by atoms with Gasteiger partial charge in [0.05, 0.1) is 6.10 Å². The van der Waals surface area contributed by atoms with Gasteiger partial charge in [-0.2, -0.15) is 0 Å². The quantitative estimate of drug-likeness (QED) is 0.876. The predicted octanol–water partition coefficient (Wildman–Crippen LogP) is 2.84. The molecule has 0 saturated carbocycles. The van der Waals surface area contributed by atoms with Crippen LogP contribution in [0.15, 0.2) is 24.5 Å². The molecule has 1 aromatic heterocycles. The zero-order valence-electron chi connectivity index (χ0n) is 13.5. The molecule has 1 aromatic rings. The second-order valence-corrected chi connectivity index (χ2v) is 7.03. The zero-order chi connectivity index (χ0) is 15.3. The van der Waals surface area contributed by atoms with Gasteiger partial charge in [0.25, 0.3) is 0 Å². The predicted molar refractivity (Wildman–Crippen MR) is 84.0 cm³/mol. The SMILES string of the molecule is CC(C)(C)[C@H]1OCC[C@@H]1CNC(=O)CCCn1cccc1. The van der Waals surface area contributed by atoms with E-state index in [0.717, 1.165) is 32.5 Å². The van der Waals surface area contributed by atoms with Gasteiger partial charge in [-0.25, -0.2) is 0 Å². The first-order valence-corrected chi connectivity index (χ1v) is 7.96. The second-order valence-electron chi connectivity index (χ2n) is 7.03. The van der Waals surface area contributed by atoms with E-state index in [-0.39, 0.29) is 17.4 Å². The highest BCUT2D eigenvalue weighted by Crippen LogP contribution is 2.34. The number of rotatable bonds is 6. The van der Waals surface area contributed by atoms with Crippen LogP contribution >= 0.6 is 0 Å². The lowest BCUT2D eigenvalue weighted by atomic mass is 9.81. The number of nitrogens with one attached hydrogen (secondary N) is 1. The van der Waals surface area contributed by atoms with Gasteiger partial charge < -0.3 is 14.6 Å². The second kappa shape index (κ2) is 7.12. The minimum atomic E-state index is 0.139. The number of aryl methyl sites for hydroxylation is 1. The summed E-state index contributed by atoms with van der Waals surface area (Å²) in [6, 6.07) is 4.01. The summed E-state index contributed by atoms with van der Waals surface area (Å²) in [6.45, 7) is 9.07. The maximum atomic E-state index is 11.9. The summed E-state index contributed by atoms with van der Waals surface area (Å²) in [4.78, 5) is 11.9. The van der Waals surface area contributed by atoms with Gasteiger partial charge in [-0.1, -0.05) is 20.8 Å². The molecule has 1 saturated heterocycles. The summed E-state index contributed by atoms with van der Waals surface area (Å²) in [5.74, 6) is 0.597. The number of hydrogen-bond acceptors (Lipinski definition) is 2. The lowest BCUT2D eigenvalue weighted by molar-refractivity contribution is -0.121. The van der Waals surface area contributed by atoms with Gasteiger partial charge in [-0.3, -0.25) is 4.79 Å². The Balaban J connectivity index is 1.66. The van der Waals surface area contributed by atoms with Crippen LogP contribution in [0.2, 0.25) is 0 Å². The molecule has 1 aliphatic heterocycles. The highest BCUT2D eigenvalue weighted by molar-refractivity contribution is 5.75. The molecule has 0 bridgehead atoms. The average Bonchev–Trinajstić information content (AvgIpc) is 3.06. The molecule has 1 fully saturated rings. The highest BCUT2D eigenvalue weighted by atomic mass is 16.5. The molecule has 21 heavy (non-hydrogen) atoms. The van der Waals surface area contributed by atoms with E-state index in [1.54, 1.807) is 0 Å². The van der Waals surface area contributed by atoms with Gasteiger partial charge in [0, 0.05) is 44.4 Å². The van der Waals surface area contributed by atoms with Gasteiger partial charge in [0.2, 0.25) is 5.91 Å². The summed E-state index contributed by atoms with van der Waals surface area (Å²) in [5, 5.41) is 3.08. The fraction of sp³-hybridized carbons (Fsp3) is 0.706. The van der Waals surface area contributed by atoms with Crippen molar-refractivity contribution in [2.45, 2.75) is 52.7 Å². The maximum absolute atomic E-state index is 11.9. The van der Waals surface area contributed by atoms with Gasteiger partial charge in [0.1, 0.15) is 0 Å². The van der Waals surface area contributed by atoms with Crippen LogP contribution in [0.5, 0.6) is 0 Å². The van der Waals surface area contributed by atoms with E-state index in [1.165, 1.54) is 0 Å². The summed E-state index contributed by atoms with van der Waals surface area (Å²) < 4.78 is 7.94. The third kappa shape index (κ3) is 4.88. The number of ether oxygens (including phenoxy) is 1. The largest absolute Gasteiger partial charge is 0.377 e. The molecule has 118 valence electrons. The molecule has 0 spiro atoms. The van der Waals surface area contributed by atoms with Crippen molar-refractivity contribution in [1.29, 1.82) is 0 Å². The molecule has 1 aliphatic rings. The van der Waals surface area contributed by atoms with Crippen molar-refractivity contribution in [2.75, 3.05) is 13.2 Å². The van der Waals surface area contributed by atoms with Gasteiger partial charge in [0.15, 0.2) is 0 Å². The molecule has 0 radical (unpaired) electrons. The first-order valence-electron chi connectivity index (χ1n) is 7.96. The smallest absolute Gasteiger partial charge is 0.220 e. The van der Waals surface area contributed by atoms with Crippen molar-refractivity contribution in [1.82, 2.24) is 9.88 Å². The van der Waals surface area contributed by atoms with E-state index < -0.39 is 0 Å². The molecule has 4 nitrogen and oxygen atoms in total. The summed E-state index contributed by atoms with van der Waals surface area (Å²) in [7, 11) is 0. The van der Waals surface area contributed by atoms with Crippen LogP contribution in [0, 0.1) is 11.3 Å². The third-order valence-electron chi connectivity index (χ3n) is 4.12. The third-order valence-corrected chi connectivity index (χ3v) is 4.12. The summed E-state index contributed by atoms with van der Waals surface area (Å²) in [6.07, 6.45) is 6.82. The zero-order valence-corrected chi connectivity index (χ0v) is 13.5. The lowest BCUT2D eigenvalue weighted by Crippen LogP contribution is -2.38. The molecule has 0 aromatic carbocycles. The lowest BCUT2D eigenvalue weighted by Gasteiger charge is -2.31. The minimum Gasteiger partial charge on any atom is -0.377 e. The van der Waals surface area contributed by atoms with Crippen LogP contribution in [0.1, 0.15) is 40.0 Å². The Morgan fingerprint density at radius 3 is 2.71 bits per heavy atom. The van der Waals surface area contributed by atoms with E-state index in [0.29, 0.717) is 12.3 Å². The molecule has 1 amide bonds. The van der Waals surface area contributed by atoms with Gasteiger partial charge in [-0.15, -0.1) is 0 Å². The molecule has 2 rings (SSSR count). The Hall–Kier alpha value is -1.29. The van der Waals surface area contributed by atoms with Crippen molar-refractivity contribution in [2.24, 2.45) is 11.3 Å². The first kappa shape index (κ1) is 16.1. The maximum Gasteiger partial charge on any atom is 0.220 e. The number of amides is 1. The van der Waals surface area contributed by atoms with Gasteiger partial charge in [-0.05, 0) is 30.4 Å². The number of aromatic nitrogens is 1. The van der Waals surface area contributed by atoms with E-state index >= 15 is 0 Å². The van der Waals surface area contributed by atoms with E-state index in [4.69, 9.17) is 4.74 Å². The van der Waals surface area contributed by atoms with Crippen molar-refractivity contribution < 1.29 is 9.53 Å². The molecule has 2 atom stereocenters. The van der Waals surface area contributed by atoms with Crippen LogP contribution in [-0.2, 0) is 16.1 Å². The fourth-order valence-electron chi connectivity index (χ4n) is 3.07. The first-order chi connectivity index (χ1) is 9.97. The topological polar surface area (TPSA) is 43.3 Å². The Labute approximate surface area is 127 Å². The molecule has 4 heteroatoms. The molecular weight excluding hydrogens is 264 g/mol. The standard InChI is InChI=1S/C17H28N2O2/c1-17(2,3)16-14(8-12-21-16)13-18-15(20)7-6-11-19-9-4-5-10-19/h4-5,9-10,14,16H,6-8,11-13H2,1-3H3,(H,18,20)/t14-,16+/m1/s1. The summed E-state index contributed by atoms with van der Waals surface area (Å²) >= 11 is 0. The normalized spacial score (nSPS) is 22.4. The van der Waals surface area contributed by atoms with Crippen LogP contribution in [0.4, 0.5) is 0 Å². The van der Waals surface area contributed by atoms with E-state index in [2.05, 4.69) is 30.7 Å². The van der Waals surface area contributed by atoms with E-state index in [1.807, 2.05) is 24.5 Å². The summed E-state index contributed by atoms with van der Waals surface area (Å²) in [5.41, 5.74) is 0.139. The number of hydrogen-bond donors (Lipinski definition) is 1. The van der Waals surface area contributed by atoms with Crippen molar-refractivity contribution >= 4 is 5.91 Å². The Morgan fingerprint density at radius 2 is 2.05 bits per heavy atom. The molecule has 1 N–H and O–H groups in total. The Bertz CT molecular complexity index is 434. The molecular formula is C17H28N2O2. The number of nitrogens with zero attached hydrogens (tertiary/aromatic N) is 1. The van der Waals surface area contributed by atoms with Crippen LogP contribution in [0.25, 0.3) is 0 Å². The molecule has 0 unspecified atom stereocenters. The van der Waals surface area contributed by atoms with Crippen molar-refractivity contribution in [3.8, 4) is 0 Å². The fourth-order valence-corrected chi connectivity index (χ4v) is 3.07. The monoisotopic (exact) mass is 292 g/mol. The van der Waals surface area contributed by atoms with E-state index in [9.17, 15) is 4.79 Å². The van der Waals surface area contributed by atoms with Crippen molar-refractivity contribution in [3.05, 3.63) is 24.5 Å². The van der Waals surface area contributed by atoms with Crippen molar-refractivity contribution in [3.63, 3.8) is 0 Å². The number of carbonyl (C=O) groups is 1. The Morgan fingerprint density at radius 1 is 1.33 bits per heavy atom. The highest BCUT2D eigenvalue weighted by Gasteiger charge is 2.37. The average molecular weight is 292 g/mol. The Kier molecular flexibility index (Phi) is 5.45. The minimum absolute atomic E-state index is 0.139. The van der Waals surface area contributed by atoms with Gasteiger partial charge >= 0.3 is 0 Å². The van der Waals surface area contributed by atoms with Crippen LogP contribution in [-0.4, -0.2) is 29.7 Å².